The molecule has 646 valence electrons. The minimum Gasteiger partial charge on any atom is -0.508 e. The fraction of sp³-hybridized carbons (Fsp3) is 0.333. The minimum atomic E-state index is -1.23. The number of H-pyrrole nitrogens is 2. The Morgan fingerprint density at radius 3 is 1.34 bits per heavy atom. The molecule has 0 spiro atoms. The van der Waals surface area contributed by atoms with Gasteiger partial charge >= 0.3 is 11.9 Å². The summed E-state index contributed by atoms with van der Waals surface area (Å²) in [6.45, 7) is 8.46. The number of hydrogen-bond donors (Lipinski definition) is 14. The van der Waals surface area contributed by atoms with Crippen LogP contribution in [0, 0.1) is 22.0 Å². The minimum absolute atomic E-state index is 0. The molecule has 9 rings (SSSR count). The number of esters is 2. The van der Waals surface area contributed by atoms with Crippen LogP contribution in [0.5, 0.6) is 11.5 Å². The normalized spacial score (nSPS) is 12.7. The van der Waals surface area contributed by atoms with Crippen LogP contribution in [0.15, 0.2) is 223 Å². The van der Waals surface area contributed by atoms with Gasteiger partial charge in [-0.15, -0.1) is 6.58 Å². The number of phenolic OH excluding ortho intramolecular Hbond substituents is 1. The number of amides is 6. The number of aliphatic hydroxyl groups excluding tert-OH is 1. The molecule has 21 N–H and O–H groups in total. The Morgan fingerprint density at radius 2 is 0.900 bits per heavy atom. The fourth-order valence-corrected chi connectivity index (χ4v) is 13.0. The number of allylic oxidation sites excluding steroid dienone is 1. The quantitative estimate of drug-likeness (QED) is 0.00313. The Bertz CT molecular complexity index is 4730. The molecule has 0 aliphatic heterocycles. The first-order chi connectivity index (χ1) is 56.5. The number of hydrazone groups is 1. The van der Waals surface area contributed by atoms with Gasteiger partial charge in [0.25, 0.3) is 5.96 Å². The van der Waals surface area contributed by atoms with Crippen molar-refractivity contribution in [2.45, 2.75) is 140 Å². The number of ether oxygens (including phenoxy) is 3. The van der Waals surface area contributed by atoms with Gasteiger partial charge in [-0.05, 0) is 134 Å². The molecule has 6 amide bonds. The summed E-state index contributed by atoms with van der Waals surface area (Å²) in [7, 11) is 2.46. The average molecular weight is 1750 g/mol. The van der Waals surface area contributed by atoms with Gasteiger partial charge < -0.3 is 99.8 Å². The van der Waals surface area contributed by atoms with Crippen molar-refractivity contribution in [3.05, 3.63) is 262 Å². The van der Waals surface area contributed by atoms with Crippen LogP contribution >= 0.6 is 0 Å². The van der Waals surface area contributed by atoms with E-state index in [2.05, 4.69) is 63.9 Å². The zero-order valence-electron chi connectivity index (χ0n) is 67.6. The van der Waals surface area contributed by atoms with Crippen LogP contribution in [-0.2, 0) is 113 Å². The van der Waals surface area contributed by atoms with Gasteiger partial charge in [0, 0.05) is 112 Å². The summed E-state index contributed by atoms with van der Waals surface area (Å²) in [5.41, 5.74) is 24.2. The third kappa shape index (κ3) is 33.7. The first-order valence-corrected chi connectivity index (χ1v) is 38.7. The molecule has 8 atom stereocenters. The number of aromatic amines is 2. The number of nitro groups is 1. The maximum Gasteiger partial charge on any atom is 0.328 e. The molecule has 0 saturated heterocycles. The Morgan fingerprint density at radius 1 is 0.508 bits per heavy atom. The summed E-state index contributed by atoms with van der Waals surface area (Å²) < 4.78 is 16.0. The number of phenols is 1. The van der Waals surface area contributed by atoms with Crippen molar-refractivity contribution >= 4 is 81.1 Å². The molecule has 0 unspecified atom stereocenters. The molecule has 33 heteroatoms. The number of hydrogen-bond acceptors (Lipinski definition) is 16. The van der Waals surface area contributed by atoms with Crippen LogP contribution < -0.4 is 59.2 Å². The van der Waals surface area contributed by atoms with E-state index in [1.54, 1.807) is 49.7 Å². The molecule has 9 aromatic rings. The molecule has 0 fully saturated rings. The first kappa shape index (κ1) is 99.6. The number of nitrogens with one attached hydrogen (secondary N) is 9. The van der Waals surface area contributed by atoms with Crippen molar-refractivity contribution in [1.82, 2.24) is 47.2 Å². The van der Waals surface area contributed by atoms with Crippen LogP contribution in [-0.4, -0.2) is 166 Å². The van der Waals surface area contributed by atoms with Crippen molar-refractivity contribution < 1.29 is 99.2 Å². The van der Waals surface area contributed by atoms with E-state index >= 15 is 0 Å². The van der Waals surface area contributed by atoms with E-state index in [9.17, 15) is 53.6 Å². The summed E-state index contributed by atoms with van der Waals surface area (Å²) in [6.07, 6.45) is 8.76. The van der Waals surface area contributed by atoms with E-state index in [4.69, 9.17) is 36.5 Å². The zero-order valence-corrected chi connectivity index (χ0v) is 69.1. The number of carbonyl (C=O) groups is 8. The number of rotatable bonds is 42. The summed E-state index contributed by atoms with van der Waals surface area (Å²) in [5, 5.41) is 51.6. The molecule has 0 aliphatic rings. The van der Waals surface area contributed by atoms with Gasteiger partial charge in [0.1, 0.15) is 59.5 Å². The molecule has 0 radical (unpaired) electrons. The fourth-order valence-electron chi connectivity index (χ4n) is 13.0. The van der Waals surface area contributed by atoms with Crippen LogP contribution in [0.1, 0.15) is 97.7 Å². The first-order valence-electron chi connectivity index (χ1n) is 38.7. The number of aliphatic hydroxyl groups is 1. The molecule has 0 bridgehead atoms. The number of methoxy groups -OCH3 is 2. The van der Waals surface area contributed by atoms with E-state index in [-0.39, 0.29) is 120 Å². The van der Waals surface area contributed by atoms with E-state index in [0.717, 1.165) is 67.2 Å². The average Bonchev–Trinajstić information content (AvgIpc) is 1.76. The van der Waals surface area contributed by atoms with E-state index < -0.39 is 94.6 Å². The third-order valence-electron chi connectivity index (χ3n) is 18.9. The monoisotopic (exact) mass is 1740 g/mol. The summed E-state index contributed by atoms with van der Waals surface area (Å²) in [5.74, 6) is -5.28. The van der Waals surface area contributed by atoms with E-state index in [1.165, 1.54) is 14.2 Å². The molecule has 120 heavy (non-hydrogen) atoms. The third-order valence-corrected chi connectivity index (χ3v) is 18.9. The van der Waals surface area contributed by atoms with Crippen molar-refractivity contribution in [3.63, 3.8) is 0 Å². The standard InChI is InChI=1S/C46H52N8O8.C39H49N7O6.C2H6O.2H2O.Pd/c1-3-13-34(26-32-21-23-36(24-22-32)62-30-33-16-8-5-9-17-33)42(55)51-40(27-31-14-6-4-7-15-31)44(57)50-39(20-12-25-48-46(47)53-54(59)60)43(56)52-41(45(58)61-2)28-35-29-49-38-19-11-10-18-37(35)38;1-3-10-27(21-26-16-18-29(47)19-17-26)35(48)45-33(22-25-11-5-4-6-12-25)37(50)44-32(15-9-20-42-39(40)41)36(49)46-34(38(51)52-2)23-28-24-43-31-14-8-7-13-30(28)31;1-2-3;;;/h3-11,14-19,21-24,29,34,39-41,49H,1,12-13,20,25-28,30H2,2H3,(H,50,57)(H,51,55)(H,52,56)(H3,47,48,53);4-8,11-14,16-19,24,27,32-34,43,47H,3,9-10,15,20-23H2,1-2H3,(H,44,50)(H,45,48)(H,46,49)(H4,40,41,42);3H,2H2,1H3;2*1H2;/t34-,39-,40+,41-;27-,32-,33+,34-;;;;/m00..../s1. The van der Waals surface area contributed by atoms with Crippen molar-refractivity contribution in [3.8, 4) is 11.5 Å². The largest absolute Gasteiger partial charge is 0.508 e. The van der Waals surface area contributed by atoms with Crippen molar-refractivity contribution in [2.24, 2.45) is 39.1 Å². The molecule has 0 saturated carbocycles. The number of guanidine groups is 2. The second-order valence-electron chi connectivity index (χ2n) is 27.7. The molecule has 0 aliphatic carbocycles. The van der Waals surface area contributed by atoms with Crippen LogP contribution in [0.2, 0.25) is 0 Å². The summed E-state index contributed by atoms with van der Waals surface area (Å²) in [6, 6.07) is 50.8. The number of para-hydroxylation sites is 2. The molecule has 2 heterocycles. The number of fused-ring (bicyclic) bond motifs is 2. The van der Waals surface area contributed by atoms with Gasteiger partial charge in [-0.25, -0.2) is 19.7 Å². The van der Waals surface area contributed by atoms with Gasteiger partial charge in [-0.2, -0.15) is 0 Å². The number of nitrogens with two attached hydrogens (primary N) is 3. The number of aromatic hydroxyl groups is 1. The Hall–Kier alpha value is -12.8. The number of aliphatic imine (C=N–C) groups is 1. The van der Waals surface area contributed by atoms with Gasteiger partial charge in [-0.1, -0.05) is 171 Å². The van der Waals surface area contributed by atoms with Crippen molar-refractivity contribution in [1.29, 1.82) is 0 Å². The predicted molar refractivity (Wildman–Crippen MR) is 455 cm³/mol. The number of aromatic nitrogens is 2. The Kier molecular flexibility index (Phi) is 44.4. The van der Waals surface area contributed by atoms with Gasteiger partial charge in [0.05, 0.1) is 14.2 Å². The second-order valence-corrected chi connectivity index (χ2v) is 27.7. The summed E-state index contributed by atoms with van der Waals surface area (Å²) >= 11 is 0. The molecular formula is C87H111N15O17Pd. The maximum atomic E-state index is 14.3. The smallest absolute Gasteiger partial charge is 0.328 e. The van der Waals surface area contributed by atoms with Crippen LogP contribution in [0.3, 0.4) is 0 Å². The molecule has 7 aromatic carbocycles. The number of carbonyl (C=O) groups excluding carboxylic acids is 8. The second kappa shape index (κ2) is 53.5. The number of benzene rings is 7. The Balaban J connectivity index is 0.000000483. The number of nitrogens with zero attached hydrogens (tertiary/aromatic N) is 3. The summed E-state index contributed by atoms with van der Waals surface area (Å²) in [4.78, 5) is 131. The van der Waals surface area contributed by atoms with Crippen LogP contribution in [0.25, 0.3) is 21.8 Å². The molecule has 2 aromatic heterocycles. The SMILES string of the molecule is C=CC[C@@H](Cc1ccc(OCc2ccccc2)cc1)C(=O)N[C@H](Cc1ccccc1)C(=O)N[C@@H](CCCN/C(N)=N/[N+](=O)[O-])C(=O)N[C@@H](Cc1c[nH]c2ccccc12)C(=O)OC.CCC[C@@H](Cc1ccc(O)cc1)C(=O)N[C@H](Cc1ccccc1)C(=O)N[C@@H](CCCN=C(N)N)C(=O)N[C@@H](Cc1c[nH]c2ccccc12)C(=O)OC.CCO.O.O.[Pd]. The molecule has 32 nitrogen and oxygen atoms in total. The Labute approximate surface area is 710 Å². The topological polar surface area (TPSA) is 529 Å². The zero-order chi connectivity index (χ0) is 84.4. The van der Waals surface area contributed by atoms with Gasteiger partial charge in [-0.3, -0.25) is 33.8 Å². The van der Waals surface area contributed by atoms with Gasteiger partial charge in [0.2, 0.25) is 35.4 Å². The predicted octanol–water partition coefficient (Wildman–Crippen LogP) is 5.82. The maximum absolute atomic E-state index is 14.3. The van der Waals surface area contributed by atoms with E-state index in [0.29, 0.717) is 44.5 Å². The molecular weight excluding hydrogens is 1630 g/mol. The van der Waals surface area contributed by atoms with Crippen molar-refractivity contribution in [2.75, 3.05) is 33.9 Å². The van der Waals surface area contributed by atoms with Gasteiger partial charge in [0.15, 0.2) is 11.0 Å². The van der Waals surface area contributed by atoms with E-state index in [1.807, 2.05) is 171 Å². The van der Waals surface area contributed by atoms with Crippen LogP contribution in [0.4, 0.5) is 0 Å².